The highest BCUT2D eigenvalue weighted by atomic mass is 79.9. The molecular weight excluding hydrogens is 260 g/mol. The molecule has 1 aromatic heterocycles. The van der Waals surface area contributed by atoms with Crippen LogP contribution in [0.15, 0.2) is 16.7 Å². The van der Waals surface area contributed by atoms with E-state index in [-0.39, 0.29) is 12.0 Å². The van der Waals surface area contributed by atoms with Crippen LogP contribution in [0.3, 0.4) is 0 Å². The van der Waals surface area contributed by atoms with Crippen molar-refractivity contribution in [2.24, 2.45) is 0 Å². The van der Waals surface area contributed by atoms with Crippen molar-refractivity contribution in [3.63, 3.8) is 0 Å². The first kappa shape index (κ1) is 12.3. The number of carbonyl (C=O) groups is 1. The van der Waals surface area contributed by atoms with E-state index in [0.29, 0.717) is 18.8 Å². The number of hydrogen-bond donors (Lipinski definition) is 2. The Labute approximate surface area is 97.5 Å². The van der Waals surface area contributed by atoms with E-state index < -0.39 is 0 Å². The van der Waals surface area contributed by atoms with Crippen molar-refractivity contribution in [2.45, 2.75) is 20.0 Å². The van der Waals surface area contributed by atoms with Crippen LogP contribution in [0.2, 0.25) is 0 Å². The Morgan fingerprint density at radius 1 is 1.67 bits per heavy atom. The van der Waals surface area contributed by atoms with E-state index in [1.54, 1.807) is 12.3 Å². The quantitative estimate of drug-likeness (QED) is 0.807. The third kappa shape index (κ3) is 4.48. The van der Waals surface area contributed by atoms with Crippen LogP contribution in [0.1, 0.15) is 24.3 Å². The SMILES string of the molecule is CC(C)OCCNC(=O)c1cc(Br)c[nH]1. The highest BCUT2D eigenvalue weighted by Crippen LogP contribution is 2.09. The number of nitrogens with one attached hydrogen (secondary N) is 2. The number of rotatable bonds is 5. The van der Waals surface area contributed by atoms with Gasteiger partial charge in [0.05, 0.1) is 12.7 Å². The summed E-state index contributed by atoms with van der Waals surface area (Å²) in [4.78, 5) is 14.3. The molecule has 0 radical (unpaired) electrons. The summed E-state index contributed by atoms with van der Waals surface area (Å²) in [5.74, 6) is -0.118. The van der Waals surface area contributed by atoms with Gasteiger partial charge >= 0.3 is 0 Å². The molecule has 0 aromatic carbocycles. The molecule has 1 heterocycles. The normalized spacial score (nSPS) is 10.7. The van der Waals surface area contributed by atoms with Gasteiger partial charge in [-0.3, -0.25) is 4.79 Å². The second-order valence-corrected chi connectivity index (χ2v) is 4.32. The van der Waals surface area contributed by atoms with Crippen LogP contribution in [0, 0.1) is 0 Å². The zero-order valence-corrected chi connectivity index (χ0v) is 10.4. The standard InChI is InChI=1S/C10H15BrN2O2/c1-7(2)15-4-3-12-10(14)9-5-8(11)6-13-9/h5-7,13H,3-4H2,1-2H3,(H,12,14). The summed E-state index contributed by atoms with van der Waals surface area (Å²) in [6, 6.07) is 1.73. The fraction of sp³-hybridized carbons (Fsp3) is 0.500. The van der Waals surface area contributed by atoms with Crippen molar-refractivity contribution >= 4 is 21.8 Å². The lowest BCUT2D eigenvalue weighted by molar-refractivity contribution is 0.0745. The third-order valence-electron chi connectivity index (χ3n) is 1.73. The third-order valence-corrected chi connectivity index (χ3v) is 2.19. The number of amides is 1. The minimum atomic E-state index is -0.118. The van der Waals surface area contributed by atoms with E-state index in [1.165, 1.54) is 0 Å². The van der Waals surface area contributed by atoms with Gasteiger partial charge in [0, 0.05) is 17.2 Å². The van der Waals surface area contributed by atoms with Crippen molar-refractivity contribution < 1.29 is 9.53 Å². The molecule has 2 N–H and O–H groups in total. The molecule has 0 aliphatic rings. The average Bonchev–Trinajstić information content (AvgIpc) is 2.59. The van der Waals surface area contributed by atoms with Crippen molar-refractivity contribution in [1.82, 2.24) is 10.3 Å². The number of halogens is 1. The Morgan fingerprint density at radius 3 is 2.93 bits per heavy atom. The van der Waals surface area contributed by atoms with E-state index in [0.717, 1.165) is 4.47 Å². The Morgan fingerprint density at radius 2 is 2.40 bits per heavy atom. The summed E-state index contributed by atoms with van der Waals surface area (Å²) in [6.07, 6.45) is 1.92. The summed E-state index contributed by atoms with van der Waals surface area (Å²) >= 11 is 3.27. The van der Waals surface area contributed by atoms with Gasteiger partial charge in [0.15, 0.2) is 0 Å². The summed E-state index contributed by atoms with van der Waals surface area (Å²) in [5.41, 5.74) is 0.548. The summed E-state index contributed by atoms with van der Waals surface area (Å²) < 4.78 is 6.17. The van der Waals surface area contributed by atoms with Crippen molar-refractivity contribution in [3.05, 3.63) is 22.4 Å². The lowest BCUT2D eigenvalue weighted by Crippen LogP contribution is -2.28. The molecule has 0 fully saturated rings. The number of carbonyl (C=O) groups excluding carboxylic acids is 1. The molecule has 15 heavy (non-hydrogen) atoms. The second-order valence-electron chi connectivity index (χ2n) is 3.41. The summed E-state index contributed by atoms with van der Waals surface area (Å²) in [7, 11) is 0. The zero-order chi connectivity index (χ0) is 11.3. The molecule has 0 atom stereocenters. The number of ether oxygens (including phenoxy) is 1. The van der Waals surface area contributed by atoms with Gasteiger partial charge in [-0.25, -0.2) is 0 Å². The van der Waals surface area contributed by atoms with E-state index in [2.05, 4.69) is 26.2 Å². The highest BCUT2D eigenvalue weighted by Gasteiger charge is 2.06. The molecule has 0 saturated carbocycles. The van der Waals surface area contributed by atoms with E-state index >= 15 is 0 Å². The number of aromatic nitrogens is 1. The van der Waals surface area contributed by atoms with E-state index in [9.17, 15) is 4.79 Å². The van der Waals surface area contributed by atoms with Crippen LogP contribution >= 0.6 is 15.9 Å². The minimum Gasteiger partial charge on any atom is -0.377 e. The number of aromatic amines is 1. The lowest BCUT2D eigenvalue weighted by Gasteiger charge is -2.07. The Hall–Kier alpha value is -0.810. The van der Waals surface area contributed by atoms with Crippen LogP contribution in [-0.2, 0) is 4.74 Å². The Kier molecular flexibility index (Phi) is 4.84. The molecule has 1 amide bonds. The maximum atomic E-state index is 11.5. The molecule has 0 spiro atoms. The summed E-state index contributed by atoms with van der Waals surface area (Å²) in [6.45, 7) is 4.98. The van der Waals surface area contributed by atoms with Gasteiger partial charge < -0.3 is 15.0 Å². The van der Waals surface area contributed by atoms with Crippen LogP contribution in [-0.4, -0.2) is 30.1 Å². The van der Waals surface area contributed by atoms with Gasteiger partial charge in [-0.2, -0.15) is 0 Å². The largest absolute Gasteiger partial charge is 0.377 e. The number of hydrogen-bond acceptors (Lipinski definition) is 2. The van der Waals surface area contributed by atoms with E-state index in [1.807, 2.05) is 13.8 Å². The Bertz CT molecular complexity index is 323. The molecule has 84 valence electrons. The summed E-state index contributed by atoms with van der Waals surface area (Å²) in [5, 5.41) is 2.75. The lowest BCUT2D eigenvalue weighted by atomic mass is 10.4. The Balaban J connectivity index is 2.25. The van der Waals surface area contributed by atoms with Gasteiger partial charge in [-0.05, 0) is 35.8 Å². The smallest absolute Gasteiger partial charge is 0.267 e. The van der Waals surface area contributed by atoms with E-state index in [4.69, 9.17) is 4.74 Å². The monoisotopic (exact) mass is 274 g/mol. The molecule has 1 aromatic rings. The zero-order valence-electron chi connectivity index (χ0n) is 8.84. The van der Waals surface area contributed by atoms with Crippen LogP contribution in [0.4, 0.5) is 0 Å². The van der Waals surface area contributed by atoms with Crippen LogP contribution < -0.4 is 5.32 Å². The molecule has 4 nitrogen and oxygen atoms in total. The maximum absolute atomic E-state index is 11.5. The van der Waals surface area contributed by atoms with Gasteiger partial charge in [0.2, 0.25) is 0 Å². The van der Waals surface area contributed by atoms with Crippen LogP contribution in [0.5, 0.6) is 0 Å². The fourth-order valence-electron chi connectivity index (χ4n) is 1.05. The van der Waals surface area contributed by atoms with Gasteiger partial charge in [0.1, 0.15) is 5.69 Å². The first-order valence-corrected chi connectivity index (χ1v) is 5.62. The predicted molar refractivity (Wildman–Crippen MR) is 61.9 cm³/mol. The molecular formula is C10H15BrN2O2. The van der Waals surface area contributed by atoms with Gasteiger partial charge in [-0.1, -0.05) is 0 Å². The molecule has 0 saturated heterocycles. The van der Waals surface area contributed by atoms with Gasteiger partial charge in [0.25, 0.3) is 5.91 Å². The van der Waals surface area contributed by atoms with Gasteiger partial charge in [-0.15, -0.1) is 0 Å². The predicted octanol–water partition coefficient (Wildman–Crippen LogP) is 1.93. The first-order valence-electron chi connectivity index (χ1n) is 4.83. The van der Waals surface area contributed by atoms with Crippen molar-refractivity contribution in [1.29, 1.82) is 0 Å². The number of H-pyrrole nitrogens is 1. The molecule has 0 aliphatic heterocycles. The minimum absolute atomic E-state index is 0.118. The van der Waals surface area contributed by atoms with Crippen LogP contribution in [0.25, 0.3) is 0 Å². The molecule has 1 rings (SSSR count). The first-order chi connectivity index (χ1) is 7.09. The van der Waals surface area contributed by atoms with Crippen molar-refractivity contribution in [3.8, 4) is 0 Å². The van der Waals surface area contributed by atoms with Crippen molar-refractivity contribution in [2.75, 3.05) is 13.2 Å². The highest BCUT2D eigenvalue weighted by molar-refractivity contribution is 9.10. The molecule has 5 heteroatoms. The fourth-order valence-corrected chi connectivity index (χ4v) is 1.40. The molecule has 0 unspecified atom stereocenters. The molecule has 0 aliphatic carbocycles. The molecule has 0 bridgehead atoms. The maximum Gasteiger partial charge on any atom is 0.267 e. The second kappa shape index (κ2) is 5.92. The topological polar surface area (TPSA) is 54.1 Å². The average molecular weight is 275 g/mol.